The number of halogens is 1. The van der Waals surface area contributed by atoms with Crippen molar-refractivity contribution in [2.75, 3.05) is 32.4 Å². The van der Waals surface area contributed by atoms with E-state index in [9.17, 15) is 9.18 Å². The van der Waals surface area contributed by atoms with Gasteiger partial charge in [-0.1, -0.05) is 11.8 Å². The summed E-state index contributed by atoms with van der Waals surface area (Å²) < 4.78 is 25.1. The van der Waals surface area contributed by atoms with Gasteiger partial charge >= 0.3 is 6.09 Å². The molecule has 1 aliphatic heterocycles. The van der Waals surface area contributed by atoms with Crippen molar-refractivity contribution < 1.29 is 18.7 Å². The highest BCUT2D eigenvalue weighted by Crippen LogP contribution is 2.27. The van der Waals surface area contributed by atoms with Gasteiger partial charge in [-0.2, -0.15) is 0 Å². The van der Waals surface area contributed by atoms with E-state index >= 15 is 0 Å². The Morgan fingerprint density at radius 3 is 2.74 bits per heavy atom. The van der Waals surface area contributed by atoms with Crippen LogP contribution in [0.3, 0.4) is 0 Å². The Hall–Kier alpha value is -3.31. The van der Waals surface area contributed by atoms with E-state index in [1.807, 2.05) is 20.8 Å². The predicted octanol–water partition coefficient (Wildman–Crippen LogP) is 3.50. The number of nitrogens with zero attached hydrogens (tertiary/aromatic N) is 3. The number of carbonyl (C=O) groups is 1. The van der Waals surface area contributed by atoms with E-state index in [4.69, 9.17) is 15.2 Å². The lowest BCUT2D eigenvalue weighted by Gasteiger charge is -2.43. The number of hydrogen-bond acceptors (Lipinski definition) is 6. The molecule has 2 heterocycles. The van der Waals surface area contributed by atoms with Gasteiger partial charge in [0.05, 0.1) is 18.2 Å². The molecule has 0 bridgehead atoms. The molecule has 1 fully saturated rings. The Kier molecular flexibility index (Phi) is 6.66. The van der Waals surface area contributed by atoms with Crippen LogP contribution in [0.15, 0.2) is 36.7 Å². The van der Waals surface area contributed by atoms with Gasteiger partial charge in [-0.15, -0.1) is 0 Å². The summed E-state index contributed by atoms with van der Waals surface area (Å²) in [5.41, 5.74) is 5.94. The molecule has 7 nitrogen and oxygen atoms in total. The number of hydrogen-bond donors (Lipinski definition) is 1. The average Bonchev–Trinajstić information content (AvgIpc) is 2.65. The highest BCUT2D eigenvalue weighted by atomic mass is 19.1. The number of ether oxygens (including phenoxy) is 2. The number of benzene rings is 1. The van der Waals surface area contributed by atoms with Gasteiger partial charge in [0, 0.05) is 50.4 Å². The van der Waals surface area contributed by atoms with Gasteiger partial charge in [-0.05, 0) is 32.9 Å². The zero-order valence-electron chi connectivity index (χ0n) is 18.2. The van der Waals surface area contributed by atoms with Crippen LogP contribution in [0.2, 0.25) is 0 Å². The van der Waals surface area contributed by atoms with Crippen molar-refractivity contribution in [1.82, 2.24) is 14.8 Å². The molecule has 1 aromatic carbocycles. The Labute approximate surface area is 181 Å². The number of carbonyl (C=O) groups excluding carboxylic acids is 1. The largest absolute Gasteiger partial charge is 0.453 e. The lowest BCUT2D eigenvalue weighted by Crippen LogP contribution is -2.60. The summed E-state index contributed by atoms with van der Waals surface area (Å²) in [4.78, 5) is 20.0. The first kappa shape index (κ1) is 22.4. The van der Waals surface area contributed by atoms with Crippen LogP contribution < -0.4 is 10.5 Å². The topological polar surface area (TPSA) is 80.9 Å². The Bertz CT molecular complexity index is 1000. The number of amides is 1. The summed E-state index contributed by atoms with van der Waals surface area (Å²) in [7, 11) is 1.75. The van der Waals surface area contributed by atoms with E-state index in [1.165, 1.54) is 12.1 Å². The number of anilines is 1. The molecule has 0 saturated carbocycles. The summed E-state index contributed by atoms with van der Waals surface area (Å²) in [6.45, 7) is 7.51. The normalized spacial score (nSPS) is 14.2. The van der Waals surface area contributed by atoms with Gasteiger partial charge < -0.3 is 20.1 Å². The number of nitrogens with two attached hydrogens (primary N) is 1. The van der Waals surface area contributed by atoms with Crippen LogP contribution in [0, 0.1) is 17.7 Å². The first-order valence-electron chi connectivity index (χ1n) is 9.96. The Morgan fingerprint density at radius 1 is 1.32 bits per heavy atom. The summed E-state index contributed by atoms with van der Waals surface area (Å²) >= 11 is 0. The molecule has 3 rings (SSSR count). The predicted molar refractivity (Wildman–Crippen MR) is 116 cm³/mol. The van der Waals surface area contributed by atoms with Gasteiger partial charge in [0.1, 0.15) is 11.4 Å². The molecular formula is C23H27FN4O3. The minimum atomic E-state index is -0.545. The summed E-state index contributed by atoms with van der Waals surface area (Å²) in [6.07, 6.45) is 2.81. The smallest absolute Gasteiger partial charge is 0.410 e. The molecule has 31 heavy (non-hydrogen) atoms. The minimum Gasteiger partial charge on any atom is -0.453 e. The molecule has 0 aliphatic carbocycles. The number of aromatic nitrogens is 1. The van der Waals surface area contributed by atoms with Crippen LogP contribution in [-0.2, 0) is 4.74 Å². The molecular weight excluding hydrogens is 399 g/mol. The molecule has 2 N–H and O–H groups in total. The second-order valence-corrected chi connectivity index (χ2v) is 8.40. The van der Waals surface area contributed by atoms with Crippen LogP contribution in [0.25, 0.3) is 0 Å². The van der Waals surface area contributed by atoms with Gasteiger partial charge in [0.25, 0.3) is 0 Å². The van der Waals surface area contributed by atoms with Crippen LogP contribution in [-0.4, -0.2) is 59.2 Å². The first-order valence-corrected chi connectivity index (χ1v) is 9.96. The standard InChI is InChI=1S/C23H27FN4O3/c1-23(2,3)31-22(29)27(4)18-14-28(15-18)11-5-6-16-13-26-10-9-20(16)30-21-8-7-17(25)12-19(21)24/h7-10,12-13,18H,11,14-15,25H2,1-4H3. The van der Waals surface area contributed by atoms with E-state index in [-0.39, 0.29) is 17.9 Å². The fourth-order valence-electron chi connectivity index (χ4n) is 2.93. The van der Waals surface area contributed by atoms with Gasteiger partial charge in [0.15, 0.2) is 11.6 Å². The third-order valence-electron chi connectivity index (χ3n) is 4.65. The van der Waals surface area contributed by atoms with Crippen molar-refractivity contribution in [2.24, 2.45) is 0 Å². The fraction of sp³-hybridized carbons (Fsp3) is 0.391. The lowest BCUT2D eigenvalue weighted by molar-refractivity contribution is -0.00102. The molecule has 1 saturated heterocycles. The van der Waals surface area contributed by atoms with Crippen molar-refractivity contribution >= 4 is 11.8 Å². The second kappa shape index (κ2) is 9.23. The van der Waals surface area contributed by atoms with Crippen molar-refractivity contribution in [2.45, 2.75) is 32.4 Å². The third kappa shape index (κ3) is 6.09. The zero-order valence-corrected chi connectivity index (χ0v) is 18.2. The average molecular weight is 426 g/mol. The molecule has 1 aliphatic rings. The Balaban J connectivity index is 1.55. The number of nitrogen functional groups attached to an aromatic ring is 1. The highest BCUT2D eigenvalue weighted by molar-refractivity contribution is 5.68. The second-order valence-electron chi connectivity index (χ2n) is 8.40. The van der Waals surface area contributed by atoms with Crippen LogP contribution in [0.5, 0.6) is 11.5 Å². The maximum absolute atomic E-state index is 14.0. The van der Waals surface area contributed by atoms with Crippen molar-refractivity contribution in [1.29, 1.82) is 0 Å². The molecule has 1 amide bonds. The Morgan fingerprint density at radius 2 is 2.06 bits per heavy atom. The van der Waals surface area contributed by atoms with Crippen LogP contribution in [0.4, 0.5) is 14.9 Å². The van der Waals surface area contributed by atoms with Gasteiger partial charge in [0.2, 0.25) is 0 Å². The number of likely N-dealkylation sites (tertiary alicyclic amines) is 1. The molecule has 0 unspecified atom stereocenters. The number of rotatable bonds is 4. The van der Waals surface area contributed by atoms with Crippen LogP contribution >= 0.6 is 0 Å². The molecule has 2 aromatic rings. The maximum atomic E-state index is 14.0. The molecule has 8 heteroatoms. The van der Waals surface area contributed by atoms with Gasteiger partial charge in [-0.25, -0.2) is 9.18 Å². The summed E-state index contributed by atoms with van der Waals surface area (Å²) in [5.74, 6) is 6.06. The molecule has 0 radical (unpaired) electrons. The minimum absolute atomic E-state index is 0.0687. The SMILES string of the molecule is CN(C(=O)OC(C)(C)C)C1CN(CC#Cc2cnccc2Oc2ccc(N)cc2F)C1. The van der Waals surface area contributed by atoms with E-state index in [1.54, 1.807) is 36.5 Å². The van der Waals surface area contributed by atoms with Crippen molar-refractivity contribution in [3.63, 3.8) is 0 Å². The number of likely N-dealkylation sites (N-methyl/N-ethyl adjacent to an activating group) is 1. The van der Waals surface area contributed by atoms with E-state index < -0.39 is 11.4 Å². The molecule has 1 aromatic heterocycles. The molecule has 0 spiro atoms. The third-order valence-corrected chi connectivity index (χ3v) is 4.65. The van der Waals surface area contributed by atoms with E-state index in [2.05, 4.69) is 21.7 Å². The molecule has 0 atom stereocenters. The lowest BCUT2D eigenvalue weighted by atomic mass is 10.1. The number of pyridine rings is 1. The van der Waals surface area contributed by atoms with Gasteiger partial charge in [-0.3, -0.25) is 9.88 Å². The summed E-state index contributed by atoms with van der Waals surface area (Å²) in [6, 6.07) is 5.98. The van der Waals surface area contributed by atoms with Crippen molar-refractivity contribution in [3.8, 4) is 23.3 Å². The first-order chi connectivity index (χ1) is 14.6. The van der Waals surface area contributed by atoms with Crippen molar-refractivity contribution in [3.05, 3.63) is 48.0 Å². The van der Waals surface area contributed by atoms with Crippen LogP contribution in [0.1, 0.15) is 26.3 Å². The van der Waals surface area contributed by atoms with E-state index in [0.717, 1.165) is 13.1 Å². The quantitative estimate of drug-likeness (QED) is 0.595. The maximum Gasteiger partial charge on any atom is 0.410 e. The summed E-state index contributed by atoms with van der Waals surface area (Å²) in [5, 5.41) is 0. The highest BCUT2D eigenvalue weighted by Gasteiger charge is 2.33. The monoisotopic (exact) mass is 426 g/mol. The van der Waals surface area contributed by atoms with E-state index in [0.29, 0.717) is 23.5 Å². The fourth-order valence-corrected chi connectivity index (χ4v) is 2.93. The zero-order chi connectivity index (χ0) is 22.6. The molecule has 164 valence electrons.